The van der Waals surface area contributed by atoms with Crippen LogP contribution in [0.2, 0.25) is 5.28 Å². The van der Waals surface area contributed by atoms with Gasteiger partial charge in [-0.3, -0.25) is 0 Å². The number of ether oxygens (including phenoxy) is 2. The lowest BCUT2D eigenvalue weighted by Crippen LogP contribution is -2.44. The van der Waals surface area contributed by atoms with Crippen molar-refractivity contribution in [2.45, 2.75) is 44.1 Å². The summed E-state index contributed by atoms with van der Waals surface area (Å²) in [5, 5.41) is 0.275. The number of aromatic nitrogens is 2. The lowest BCUT2D eigenvalue weighted by atomic mass is 9.77. The van der Waals surface area contributed by atoms with Crippen molar-refractivity contribution in [3.8, 4) is 0 Å². The number of rotatable bonds is 3. The first-order chi connectivity index (χ1) is 9.50. The molecule has 1 aliphatic rings. The topological polar surface area (TPSA) is 61.3 Å². The highest BCUT2D eigenvalue weighted by Crippen LogP contribution is 2.40. The first-order valence-electron chi connectivity index (χ1n) is 6.65. The van der Waals surface area contributed by atoms with E-state index in [2.05, 4.69) is 9.97 Å². The highest BCUT2D eigenvalue weighted by Gasteiger charge is 2.43. The van der Waals surface area contributed by atoms with Crippen molar-refractivity contribution in [3.63, 3.8) is 0 Å². The van der Waals surface area contributed by atoms with Gasteiger partial charge < -0.3 is 9.47 Å². The van der Waals surface area contributed by atoms with E-state index >= 15 is 0 Å². The average molecular weight is 299 g/mol. The van der Waals surface area contributed by atoms with E-state index in [0.29, 0.717) is 12.8 Å². The number of carbonyl (C=O) groups excluding carboxylic acids is 1. The number of halogens is 1. The minimum atomic E-state index is -0.808. The van der Waals surface area contributed by atoms with E-state index in [1.807, 2.05) is 13.0 Å². The van der Waals surface area contributed by atoms with Crippen LogP contribution >= 0.6 is 11.6 Å². The smallest absolute Gasteiger partial charge is 0.338 e. The molecule has 20 heavy (non-hydrogen) atoms. The Labute approximate surface area is 123 Å². The van der Waals surface area contributed by atoms with Gasteiger partial charge in [0.25, 0.3) is 0 Å². The number of carbonyl (C=O) groups is 1. The van der Waals surface area contributed by atoms with Crippen LogP contribution in [0.5, 0.6) is 0 Å². The SMILES string of the molecule is COC(=O)C1(OC)CCC(c2cc(C)nc(Cl)n2)CC1. The van der Waals surface area contributed by atoms with Crippen molar-refractivity contribution < 1.29 is 14.3 Å². The Morgan fingerprint density at radius 1 is 1.35 bits per heavy atom. The molecule has 6 heteroatoms. The Morgan fingerprint density at radius 2 is 2.00 bits per heavy atom. The summed E-state index contributed by atoms with van der Waals surface area (Å²) in [7, 11) is 2.95. The van der Waals surface area contributed by atoms with Gasteiger partial charge in [0.2, 0.25) is 5.28 Å². The first-order valence-corrected chi connectivity index (χ1v) is 7.03. The number of methoxy groups -OCH3 is 2. The van der Waals surface area contributed by atoms with Crippen molar-refractivity contribution in [2.24, 2.45) is 0 Å². The summed E-state index contributed by atoms with van der Waals surface area (Å²) in [6, 6.07) is 1.95. The minimum absolute atomic E-state index is 0.275. The number of aryl methyl sites for hydroxylation is 1. The van der Waals surface area contributed by atoms with Crippen LogP contribution in [0.1, 0.15) is 43.0 Å². The zero-order valence-electron chi connectivity index (χ0n) is 12.0. The maximum Gasteiger partial charge on any atom is 0.338 e. The highest BCUT2D eigenvalue weighted by atomic mass is 35.5. The third-order valence-electron chi connectivity index (χ3n) is 4.01. The molecule has 1 heterocycles. The highest BCUT2D eigenvalue weighted by molar-refractivity contribution is 6.28. The van der Waals surface area contributed by atoms with Crippen LogP contribution in [0.25, 0.3) is 0 Å². The molecule has 0 saturated heterocycles. The second kappa shape index (κ2) is 6.06. The van der Waals surface area contributed by atoms with Crippen LogP contribution in [0.3, 0.4) is 0 Å². The Morgan fingerprint density at radius 3 is 2.50 bits per heavy atom. The van der Waals surface area contributed by atoms with Crippen LogP contribution in [-0.4, -0.2) is 35.8 Å². The molecular formula is C14H19ClN2O3. The summed E-state index contributed by atoms with van der Waals surface area (Å²) in [6.45, 7) is 1.90. The number of hydrogen-bond acceptors (Lipinski definition) is 5. The summed E-state index contributed by atoms with van der Waals surface area (Å²) >= 11 is 5.90. The van der Waals surface area contributed by atoms with Gasteiger partial charge in [-0.2, -0.15) is 0 Å². The molecule has 1 aromatic rings. The molecule has 1 fully saturated rings. The van der Waals surface area contributed by atoms with Crippen molar-refractivity contribution >= 4 is 17.6 Å². The maximum atomic E-state index is 11.9. The van der Waals surface area contributed by atoms with E-state index in [0.717, 1.165) is 24.2 Å². The molecule has 1 saturated carbocycles. The second-order valence-electron chi connectivity index (χ2n) is 5.17. The third kappa shape index (κ3) is 2.94. The summed E-state index contributed by atoms with van der Waals surface area (Å²) in [6.07, 6.45) is 2.88. The van der Waals surface area contributed by atoms with Crippen LogP contribution in [-0.2, 0) is 14.3 Å². The van der Waals surface area contributed by atoms with Crippen molar-refractivity contribution in [1.82, 2.24) is 9.97 Å². The summed E-state index contributed by atoms with van der Waals surface area (Å²) in [4.78, 5) is 20.2. The molecule has 0 atom stereocenters. The summed E-state index contributed by atoms with van der Waals surface area (Å²) in [5.74, 6) is -0.0162. The predicted octanol–water partition coefficient (Wildman–Crippen LogP) is 2.65. The van der Waals surface area contributed by atoms with Crippen LogP contribution in [0.4, 0.5) is 0 Å². The van der Waals surface area contributed by atoms with Gasteiger partial charge in [-0.1, -0.05) is 0 Å². The zero-order chi connectivity index (χ0) is 14.8. The fourth-order valence-corrected chi connectivity index (χ4v) is 3.05. The average Bonchev–Trinajstić information content (AvgIpc) is 2.45. The number of nitrogens with zero attached hydrogens (tertiary/aromatic N) is 2. The van der Waals surface area contributed by atoms with E-state index in [1.54, 1.807) is 7.11 Å². The molecule has 1 aliphatic carbocycles. The Hall–Kier alpha value is -1.20. The third-order valence-corrected chi connectivity index (χ3v) is 4.18. The minimum Gasteiger partial charge on any atom is -0.467 e. The second-order valence-corrected chi connectivity index (χ2v) is 5.51. The van der Waals surface area contributed by atoms with Gasteiger partial charge >= 0.3 is 5.97 Å². The fourth-order valence-electron chi connectivity index (χ4n) is 2.82. The van der Waals surface area contributed by atoms with Crippen LogP contribution in [0.15, 0.2) is 6.07 Å². The van der Waals surface area contributed by atoms with E-state index < -0.39 is 5.60 Å². The van der Waals surface area contributed by atoms with Crippen LogP contribution < -0.4 is 0 Å². The molecule has 110 valence electrons. The largest absolute Gasteiger partial charge is 0.467 e. The Bertz CT molecular complexity index is 479. The lowest BCUT2D eigenvalue weighted by Gasteiger charge is -2.36. The molecule has 0 aromatic carbocycles. The predicted molar refractivity (Wildman–Crippen MR) is 74.7 cm³/mol. The Kier molecular flexibility index (Phi) is 4.60. The van der Waals surface area contributed by atoms with Gasteiger partial charge in [0.15, 0.2) is 5.60 Å². The molecule has 0 bridgehead atoms. The van der Waals surface area contributed by atoms with Gasteiger partial charge in [-0.25, -0.2) is 14.8 Å². The maximum absolute atomic E-state index is 11.9. The molecule has 0 radical (unpaired) electrons. The van der Waals surface area contributed by atoms with Gasteiger partial charge in [0.05, 0.1) is 7.11 Å². The summed E-state index contributed by atoms with van der Waals surface area (Å²) in [5.41, 5.74) is 0.991. The number of esters is 1. The monoisotopic (exact) mass is 298 g/mol. The molecule has 0 aliphatic heterocycles. The molecule has 0 N–H and O–H groups in total. The van der Waals surface area contributed by atoms with E-state index in [9.17, 15) is 4.79 Å². The molecule has 0 amide bonds. The molecule has 0 spiro atoms. The normalized spacial score (nSPS) is 26.3. The molecule has 5 nitrogen and oxygen atoms in total. The molecular weight excluding hydrogens is 280 g/mol. The summed E-state index contributed by atoms with van der Waals surface area (Å²) < 4.78 is 10.3. The molecule has 0 unspecified atom stereocenters. The quantitative estimate of drug-likeness (QED) is 0.634. The van der Waals surface area contributed by atoms with Gasteiger partial charge in [0.1, 0.15) is 0 Å². The van der Waals surface area contributed by atoms with E-state index in [-0.39, 0.29) is 17.2 Å². The molecule has 1 aromatic heterocycles. The van der Waals surface area contributed by atoms with E-state index in [4.69, 9.17) is 21.1 Å². The standard InChI is InChI=1S/C14H19ClN2O3/c1-9-8-11(17-13(15)16-9)10-4-6-14(20-3,7-5-10)12(18)19-2/h8,10H,4-7H2,1-3H3. The lowest BCUT2D eigenvalue weighted by molar-refractivity contribution is -0.170. The Balaban J connectivity index is 2.12. The van der Waals surface area contributed by atoms with Crippen molar-refractivity contribution in [1.29, 1.82) is 0 Å². The fraction of sp³-hybridized carbons (Fsp3) is 0.643. The van der Waals surface area contributed by atoms with Crippen molar-refractivity contribution in [3.05, 3.63) is 22.7 Å². The first kappa shape index (κ1) is 15.2. The van der Waals surface area contributed by atoms with Gasteiger partial charge in [-0.15, -0.1) is 0 Å². The molecule has 2 rings (SSSR count). The van der Waals surface area contributed by atoms with Crippen LogP contribution in [0, 0.1) is 6.92 Å². The van der Waals surface area contributed by atoms with Gasteiger partial charge in [0, 0.05) is 24.4 Å². The van der Waals surface area contributed by atoms with E-state index in [1.165, 1.54) is 7.11 Å². The number of hydrogen-bond donors (Lipinski definition) is 0. The van der Waals surface area contributed by atoms with Crippen molar-refractivity contribution in [2.75, 3.05) is 14.2 Å². The zero-order valence-corrected chi connectivity index (χ0v) is 12.7. The van der Waals surface area contributed by atoms with Gasteiger partial charge in [-0.05, 0) is 50.3 Å².